The Balaban J connectivity index is 2.18. The van der Waals surface area contributed by atoms with Crippen LogP contribution in [-0.4, -0.2) is 31.2 Å². The van der Waals surface area contributed by atoms with Gasteiger partial charge in [0.05, 0.1) is 12.3 Å². The number of methoxy groups -OCH3 is 1. The zero-order valence-corrected chi connectivity index (χ0v) is 13.9. The lowest BCUT2D eigenvalue weighted by Crippen LogP contribution is -2.42. The van der Waals surface area contributed by atoms with Crippen LogP contribution in [0.25, 0.3) is 0 Å². The van der Waals surface area contributed by atoms with Gasteiger partial charge in [-0.1, -0.05) is 13.8 Å². The standard InChI is InChI=1S/C15H27N3OS/c1-5-16-9-14-13(10-19-4)17-15(20-14)18-8-6-7-11(2)12(18)3/h11-12,16H,5-10H2,1-4H3. The summed E-state index contributed by atoms with van der Waals surface area (Å²) in [7, 11) is 1.74. The molecule has 0 radical (unpaired) electrons. The number of aromatic nitrogens is 1. The van der Waals surface area contributed by atoms with Gasteiger partial charge in [-0.05, 0) is 32.2 Å². The van der Waals surface area contributed by atoms with Gasteiger partial charge >= 0.3 is 0 Å². The lowest BCUT2D eigenvalue weighted by atomic mass is 9.93. The Morgan fingerprint density at radius 1 is 1.45 bits per heavy atom. The zero-order valence-electron chi connectivity index (χ0n) is 13.1. The predicted octanol–water partition coefficient (Wildman–Crippen LogP) is 3.02. The Bertz CT molecular complexity index is 421. The van der Waals surface area contributed by atoms with E-state index >= 15 is 0 Å². The van der Waals surface area contributed by atoms with Gasteiger partial charge in [-0.2, -0.15) is 0 Å². The second-order valence-corrected chi connectivity index (χ2v) is 6.70. The van der Waals surface area contributed by atoms with Crippen LogP contribution in [0.5, 0.6) is 0 Å². The van der Waals surface area contributed by atoms with Crippen molar-refractivity contribution in [3.8, 4) is 0 Å². The molecule has 0 saturated carbocycles. The fraction of sp³-hybridized carbons (Fsp3) is 0.800. The molecular weight excluding hydrogens is 270 g/mol. The van der Waals surface area contributed by atoms with Crippen LogP contribution >= 0.6 is 11.3 Å². The SMILES string of the molecule is CCNCc1sc(N2CCCC(C)C2C)nc1COC. The number of anilines is 1. The third-order valence-electron chi connectivity index (χ3n) is 4.20. The third-order valence-corrected chi connectivity index (χ3v) is 5.34. The second kappa shape index (κ2) is 7.38. The van der Waals surface area contributed by atoms with Crippen LogP contribution in [0.2, 0.25) is 0 Å². The van der Waals surface area contributed by atoms with E-state index in [1.807, 2.05) is 11.3 Å². The van der Waals surface area contributed by atoms with Crippen LogP contribution in [0.1, 0.15) is 44.2 Å². The molecule has 0 amide bonds. The summed E-state index contributed by atoms with van der Waals surface area (Å²) in [5.41, 5.74) is 1.10. The maximum absolute atomic E-state index is 5.30. The van der Waals surface area contributed by atoms with Crippen molar-refractivity contribution in [2.24, 2.45) is 5.92 Å². The summed E-state index contributed by atoms with van der Waals surface area (Å²) in [6.07, 6.45) is 2.60. The number of hydrogen-bond donors (Lipinski definition) is 1. The van der Waals surface area contributed by atoms with Crippen molar-refractivity contribution in [2.75, 3.05) is 25.1 Å². The molecule has 0 bridgehead atoms. The highest BCUT2D eigenvalue weighted by Gasteiger charge is 2.27. The van der Waals surface area contributed by atoms with E-state index in [9.17, 15) is 0 Å². The first-order valence-electron chi connectivity index (χ1n) is 7.62. The average molecular weight is 297 g/mol. The van der Waals surface area contributed by atoms with Gasteiger partial charge < -0.3 is 15.0 Å². The van der Waals surface area contributed by atoms with Crippen molar-refractivity contribution in [1.29, 1.82) is 0 Å². The first-order valence-corrected chi connectivity index (χ1v) is 8.43. The third kappa shape index (κ3) is 3.51. The molecule has 5 heteroatoms. The molecule has 1 aliphatic heterocycles. The summed E-state index contributed by atoms with van der Waals surface area (Å²) in [5.74, 6) is 0.746. The molecule has 0 aliphatic carbocycles. The first kappa shape index (κ1) is 15.7. The molecule has 4 nitrogen and oxygen atoms in total. The Morgan fingerprint density at radius 3 is 2.95 bits per heavy atom. The molecule has 114 valence electrons. The molecule has 0 aromatic carbocycles. The average Bonchev–Trinajstić information content (AvgIpc) is 2.83. The summed E-state index contributed by atoms with van der Waals surface area (Å²) in [5, 5.41) is 4.57. The second-order valence-electron chi connectivity index (χ2n) is 5.63. The monoisotopic (exact) mass is 297 g/mol. The van der Waals surface area contributed by atoms with Gasteiger partial charge in [0.15, 0.2) is 5.13 Å². The van der Waals surface area contributed by atoms with Crippen LogP contribution in [0.4, 0.5) is 5.13 Å². The predicted molar refractivity (Wildman–Crippen MR) is 85.4 cm³/mol. The zero-order chi connectivity index (χ0) is 14.5. The van der Waals surface area contributed by atoms with Gasteiger partial charge in [-0.3, -0.25) is 0 Å². The number of hydrogen-bond acceptors (Lipinski definition) is 5. The molecule has 2 unspecified atom stereocenters. The number of thiazole rings is 1. The molecule has 2 rings (SSSR count). The van der Waals surface area contributed by atoms with E-state index < -0.39 is 0 Å². The number of piperidine rings is 1. The van der Waals surface area contributed by atoms with Crippen LogP contribution in [0, 0.1) is 5.92 Å². The van der Waals surface area contributed by atoms with Gasteiger partial charge in [0.2, 0.25) is 0 Å². The fourth-order valence-corrected chi connectivity index (χ4v) is 3.87. The van der Waals surface area contributed by atoms with Crippen molar-refractivity contribution < 1.29 is 4.74 Å². The van der Waals surface area contributed by atoms with Crippen molar-refractivity contribution >= 4 is 16.5 Å². The van der Waals surface area contributed by atoms with E-state index in [2.05, 4.69) is 31.0 Å². The van der Waals surface area contributed by atoms with Crippen molar-refractivity contribution in [3.05, 3.63) is 10.6 Å². The van der Waals surface area contributed by atoms with E-state index in [0.29, 0.717) is 12.6 Å². The summed E-state index contributed by atoms with van der Waals surface area (Å²) in [6, 6.07) is 0.581. The van der Waals surface area contributed by atoms with Gasteiger partial charge in [0.1, 0.15) is 0 Å². The van der Waals surface area contributed by atoms with Gasteiger partial charge in [0.25, 0.3) is 0 Å². The molecule has 1 aromatic heterocycles. The Labute approximate surface area is 126 Å². The summed E-state index contributed by atoms with van der Waals surface area (Å²) in [6.45, 7) is 10.4. The molecule has 1 aliphatic rings. The van der Waals surface area contributed by atoms with E-state index in [1.54, 1.807) is 7.11 Å². The highest BCUT2D eigenvalue weighted by molar-refractivity contribution is 7.15. The maximum atomic E-state index is 5.30. The number of nitrogens with one attached hydrogen (secondary N) is 1. The first-order chi connectivity index (χ1) is 9.67. The van der Waals surface area contributed by atoms with Gasteiger partial charge in [-0.15, -0.1) is 11.3 Å². The molecule has 0 spiro atoms. The van der Waals surface area contributed by atoms with Crippen LogP contribution in [-0.2, 0) is 17.9 Å². The van der Waals surface area contributed by atoms with Crippen molar-refractivity contribution in [1.82, 2.24) is 10.3 Å². The quantitative estimate of drug-likeness (QED) is 0.876. The highest BCUT2D eigenvalue weighted by Crippen LogP contribution is 2.33. The number of rotatable bonds is 6. The van der Waals surface area contributed by atoms with Gasteiger partial charge in [-0.25, -0.2) is 4.98 Å². The van der Waals surface area contributed by atoms with Crippen LogP contribution in [0.15, 0.2) is 0 Å². The van der Waals surface area contributed by atoms with Crippen LogP contribution < -0.4 is 10.2 Å². The Kier molecular flexibility index (Phi) is 5.81. The van der Waals surface area contributed by atoms with Gasteiger partial charge in [0, 0.05) is 31.1 Å². The molecule has 1 fully saturated rings. The highest BCUT2D eigenvalue weighted by atomic mass is 32.1. The summed E-state index contributed by atoms with van der Waals surface area (Å²) < 4.78 is 5.30. The molecule has 1 N–H and O–H groups in total. The lowest BCUT2D eigenvalue weighted by molar-refractivity contribution is 0.181. The molecule has 1 aromatic rings. The minimum Gasteiger partial charge on any atom is -0.378 e. The van der Waals surface area contributed by atoms with E-state index in [4.69, 9.17) is 9.72 Å². The van der Waals surface area contributed by atoms with Crippen molar-refractivity contribution in [2.45, 2.75) is 52.8 Å². The maximum Gasteiger partial charge on any atom is 0.186 e. The summed E-state index contributed by atoms with van der Waals surface area (Å²) in [4.78, 5) is 8.63. The Morgan fingerprint density at radius 2 is 2.25 bits per heavy atom. The molecular formula is C15H27N3OS. The van der Waals surface area contributed by atoms with E-state index in [-0.39, 0.29) is 0 Å². The molecule has 20 heavy (non-hydrogen) atoms. The normalized spacial score (nSPS) is 23.3. The molecule has 1 saturated heterocycles. The van der Waals surface area contributed by atoms with E-state index in [1.165, 1.54) is 22.9 Å². The summed E-state index contributed by atoms with van der Waals surface area (Å²) >= 11 is 1.82. The van der Waals surface area contributed by atoms with Crippen LogP contribution in [0.3, 0.4) is 0 Å². The largest absolute Gasteiger partial charge is 0.378 e. The Hall–Kier alpha value is -0.650. The number of ether oxygens (including phenoxy) is 1. The smallest absolute Gasteiger partial charge is 0.186 e. The fourth-order valence-electron chi connectivity index (χ4n) is 2.72. The molecule has 2 atom stereocenters. The topological polar surface area (TPSA) is 37.4 Å². The van der Waals surface area contributed by atoms with Crippen molar-refractivity contribution in [3.63, 3.8) is 0 Å². The minimum absolute atomic E-state index is 0.581. The minimum atomic E-state index is 0.581. The molecule has 2 heterocycles. The van der Waals surface area contributed by atoms with E-state index in [0.717, 1.165) is 31.2 Å². The number of nitrogens with zero attached hydrogens (tertiary/aromatic N) is 2. The lowest BCUT2D eigenvalue weighted by Gasteiger charge is -2.37.